The number of nitrogens with one attached hydrogen (secondary N) is 1. The van der Waals surface area contributed by atoms with Crippen molar-refractivity contribution in [1.82, 2.24) is 15.1 Å². The Morgan fingerprint density at radius 1 is 1.17 bits per heavy atom. The Labute approximate surface area is 171 Å². The van der Waals surface area contributed by atoms with Crippen LogP contribution in [0, 0.1) is 0 Å². The molecule has 0 saturated heterocycles. The summed E-state index contributed by atoms with van der Waals surface area (Å²) in [4.78, 5) is 12.6. The third-order valence-corrected chi connectivity index (χ3v) is 4.66. The number of benzene rings is 2. The maximum Gasteiger partial charge on any atom is 0.434 e. The highest BCUT2D eigenvalue weighted by Crippen LogP contribution is 2.34. The van der Waals surface area contributed by atoms with Gasteiger partial charge in [-0.05, 0) is 43.5 Å². The normalized spacial score (nSPS) is 12.6. The molecule has 1 heterocycles. The summed E-state index contributed by atoms with van der Waals surface area (Å²) in [7, 11) is 0. The summed E-state index contributed by atoms with van der Waals surface area (Å²) >= 11 is 5.88. The minimum absolute atomic E-state index is 0.126. The van der Waals surface area contributed by atoms with Crippen LogP contribution in [0.15, 0.2) is 60.8 Å². The number of halogens is 4. The highest BCUT2D eigenvalue weighted by Gasteiger charge is 2.40. The minimum atomic E-state index is -4.77. The molecule has 0 aliphatic carbocycles. The Kier molecular flexibility index (Phi) is 6.27. The molecule has 152 valence electrons. The molecule has 0 spiro atoms. The first-order valence-electron chi connectivity index (χ1n) is 9.01. The first kappa shape index (κ1) is 20.9. The van der Waals surface area contributed by atoms with Crippen LogP contribution in [0.4, 0.5) is 13.2 Å². The van der Waals surface area contributed by atoms with E-state index in [9.17, 15) is 18.0 Å². The van der Waals surface area contributed by atoms with Crippen molar-refractivity contribution < 1.29 is 18.0 Å². The van der Waals surface area contributed by atoms with E-state index in [-0.39, 0.29) is 16.8 Å². The Morgan fingerprint density at radius 3 is 2.55 bits per heavy atom. The summed E-state index contributed by atoms with van der Waals surface area (Å²) in [5, 5.41) is 6.70. The average Bonchev–Trinajstić information content (AvgIpc) is 3.13. The van der Waals surface area contributed by atoms with Gasteiger partial charge in [0.15, 0.2) is 5.69 Å². The van der Waals surface area contributed by atoms with Crippen molar-refractivity contribution >= 4 is 17.5 Å². The van der Waals surface area contributed by atoms with Crippen molar-refractivity contribution in [2.24, 2.45) is 0 Å². The molecule has 0 radical (unpaired) electrons. The lowest BCUT2D eigenvalue weighted by atomic mass is 10.1. The number of nitrogens with zero attached hydrogens (tertiary/aromatic N) is 2. The molecule has 1 unspecified atom stereocenters. The van der Waals surface area contributed by atoms with Crippen LogP contribution in [-0.4, -0.2) is 21.7 Å². The lowest BCUT2D eigenvalue weighted by Crippen LogP contribution is -2.34. The SMILES string of the molecule is CC(CCc1ccccc1)NC(=O)c1cnn(-c2cccc(Cl)c2)c1C(F)(F)F. The van der Waals surface area contributed by atoms with Gasteiger partial charge in [0, 0.05) is 11.1 Å². The highest BCUT2D eigenvalue weighted by molar-refractivity contribution is 6.30. The molecule has 1 aromatic heterocycles. The van der Waals surface area contributed by atoms with Crippen molar-refractivity contribution in [3.8, 4) is 5.69 Å². The number of carbonyl (C=O) groups excluding carboxylic acids is 1. The molecule has 0 fully saturated rings. The number of aromatic nitrogens is 2. The standard InChI is InChI=1S/C21H19ClF3N3O/c1-14(10-11-15-6-3-2-4-7-15)27-20(29)18-13-26-28(19(18)21(23,24)25)17-9-5-8-16(22)12-17/h2-9,12-14H,10-11H2,1H3,(H,27,29). The van der Waals surface area contributed by atoms with Gasteiger partial charge in [0.1, 0.15) is 0 Å². The number of hydrogen-bond donors (Lipinski definition) is 1. The van der Waals surface area contributed by atoms with Gasteiger partial charge in [0.2, 0.25) is 0 Å². The Morgan fingerprint density at radius 2 is 1.90 bits per heavy atom. The number of carbonyl (C=O) groups is 1. The second-order valence-corrected chi connectivity index (χ2v) is 7.13. The fourth-order valence-electron chi connectivity index (χ4n) is 2.99. The molecule has 0 bridgehead atoms. The van der Waals surface area contributed by atoms with Crippen molar-refractivity contribution in [3.63, 3.8) is 0 Å². The fraction of sp³-hybridized carbons (Fsp3) is 0.238. The van der Waals surface area contributed by atoms with E-state index in [1.54, 1.807) is 13.0 Å². The van der Waals surface area contributed by atoms with Crippen molar-refractivity contribution in [1.29, 1.82) is 0 Å². The van der Waals surface area contributed by atoms with E-state index in [1.165, 1.54) is 18.2 Å². The monoisotopic (exact) mass is 421 g/mol. The maximum atomic E-state index is 13.7. The Bertz CT molecular complexity index is 986. The van der Waals surface area contributed by atoms with E-state index in [1.807, 2.05) is 30.3 Å². The number of rotatable bonds is 6. The average molecular weight is 422 g/mol. The number of aryl methyl sites for hydroxylation is 1. The summed E-state index contributed by atoms with van der Waals surface area (Å²) in [6.07, 6.45) is -2.53. The maximum absolute atomic E-state index is 13.7. The van der Waals surface area contributed by atoms with Crippen LogP contribution in [0.3, 0.4) is 0 Å². The van der Waals surface area contributed by atoms with Gasteiger partial charge in [-0.15, -0.1) is 0 Å². The summed E-state index contributed by atoms with van der Waals surface area (Å²) in [6, 6.07) is 15.2. The van der Waals surface area contributed by atoms with E-state index in [0.29, 0.717) is 17.5 Å². The van der Waals surface area contributed by atoms with E-state index in [4.69, 9.17) is 11.6 Å². The lowest BCUT2D eigenvalue weighted by Gasteiger charge is -2.16. The van der Waals surface area contributed by atoms with Gasteiger partial charge in [-0.25, -0.2) is 4.68 Å². The molecule has 0 aliphatic rings. The van der Waals surface area contributed by atoms with Crippen molar-refractivity contribution in [3.05, 3.63) is 82.6 Å². The van der Waals surface area contributed by atoms with Gasteiger partial charge in [0.05, 0.1) is 17.4 Å². The predicted molar refractivity (Wildman–Crippen MR) is 105 cm³/mol. The summed E-state index contributed by atoms with van der Waals surface area (Å²) in [5.74, 6) is -0.814. The topological polar surface area (TPSA) is 46.9 Å². The van der Waals surface area contributed by atoms with Crippen LogP contribution in [0.2, 0.25) is 5.02 Å². The largest absolute Gasteiger partial charge is 0.434 e. The summed E-state index contributed by atoms with van der Waals surface area (Å²) in [5.41, 5.74) is -0.434. The number of alkyl halides is 3. The van der Waals surface area contributed by atoms with Gasteiger partial charge in [-0.1, -0.05) is 48.0 Å². The van der Waals surface area contributed by atoms with Gasteiger partial charge in [-0.3, -0.25) is 4.79 Å². The van der Waals surface area contributed by atoms with Crippen LogP contribution >= 0.6 is 11.6 Å². The van der Waals surface area contributed by atoms with E-state index in [2.05, 4.69) is 10.4 Å². The van der Waals surface area contributed by atoms with E-state index < -0.39 is 23.3 Å². The van der Waals surface area contributed by atoms with Crippen molar-refractivity contribution in [2.45, 2.75) is 32.0 Å². The third kappa shape index (κ3) is 5.17. The lowest BCUT2D eigenvalue weighted by molar-refractivity contribution is -0.143. The molecule has 0 saturated carbocycles. The van der Waals surface area contributed by atoms with Crippen LogP contribution < -0.4 is 5.32 Å². The number of amides is 1. The highest BCUT2D eigenvalue weighted by atomic mass is 35.5. The first-order valence-corrected chi connectivity index (χ1v) is 9.39. The van der Waals surface area contributed by atoms with E-state index >= 15 is 0 Å². The van der Waals surface area contributed by atoms with Crippen LogP contribution in [0.1, 0.15) is 35.0 Å². The van der Waals surface area contributed by atoms with Gasteiger partial charge < -0.3 is 5.32 Å². The molecule has 0 aliphatic heterocycles. The first-order chi connectivity index (χ1) is 13.8. The molecule has 4 nitrogen and oxygen atoms in total. The van der Waals surface area contributed by atoms with Crippen LogP contribution in [0.25, 0.3) is 5.69 Å². The molecule has 3 aromatic rings. The minimum Gasteiger partial charge on any atom is -0.349 e. The Hall–Kier alpha value is -2.80. The second-order valence-electron chi connectivity index (χ2n) is 6.70. The molecule has 1 atom stereocenters. The smallest absolute Gasteiger partial charge is 0.349 e. The molecule has 8 heteroatoms. The van der Waals surface area contributed by atoms with E-state index in [0.717, 1.165) is 11.8 Å². The zero-order valence-electron chi connectivity index (χ0n) is 15.6. The summed E-state index contributed by atoms with van der Waals surface area (Å²) < 4.78 is 41.9. The predicted octanol–water partition coefficient (Wildman–Crippen LogP) is 5.30. The fourth-order valence-corrected chi connectivity index (χ4v) is 3.18. The molecular weight excluding hydrogens is 403 g/mol. The molecule has 1 amide bonds. The van der Waals surface area contributed by atoms with Gasteiger partial charge >= 0.3 is 6.18 Å². The van der Waals surface area contributed by atoms with Gasteiger partial charge in [0.25, 0.3) is 5.91 Å². The molecule has 2 aromatic carbocycles. The van der Waals surface area contributed by atoms with Crippen LogP contribution in [0.5, 0.6) is 0 Å². The Balaban J connectivity index is 1.79. The molecular formula is C21H19ClF3N3O. The molecule has 1 N–H and O–H groups in total. The molecule has 29 heavy (non-hydrogen) atoms. The zero-order valence-corrected chi connectivity index (χ0v) is 16.3. The molecule has 3 rings (SSSR count). The van der Waals surface area contributed by atoms with Crippen LogP contribution in [-0.2, 0) is 12.6 Å². The third-order valence-electron chi connectivity index (χ3n) is 4.42. The quantitative estimate of drug-likeness (QED) is 0.587. The zero-order chi connectivity index (χ0) is 21.0. The summed E-state index contributed by atoms with van der Waals surface area (Å²) in [6.45, 7) is 1.76. The van der Waals surface area contributed by atoms with Gasteiger partial charge in [-0.2, -0.15) is 18.3 Å². The van der Waals surface area contributed by atoms with Crippen molar-refractivity contribution in [2.75, 3.05) is 0 Å². The second kappa shape index (κ2) is 8.69. The number of hydrogen-bond acceptors (Lipinski definition) is 2.